The van der Waals surface area contributed by atoms with Gasteiger partial charge in [0.1, 0.15) is 0 Å². The van der Waals surface area contributed by atoms with Gasteiger partial charge in [-0.15, -0.1) is 11.3 Å². The zero-order chi connectivity index (χ0) is 27.0. The van der Waals surface area contributed by atoms with Crippen molar-refractivity contribution in [2.45, 2.75) is 91.1 Å². The minimum absolute atomic E-state index is 0.0181. The zero-order valence-corrected chi connectivity index (χ0v) is 24.3. The molecule has 0 spiro atoms. The Kier molecular flexibility index (Phi) is 14.1. The fourth-order valence-electron chi connectivity index (χ4n) is 4.36. The number of carbonyl (C=O) groups is 2. The predicted molar refractivity (Wildman–Crippen MR) is 152 cm³/mol. The monoisotopic (exact) mass is 530 g/mol. The molecule has 0 aliphatic rings. The van der Waals surface area contributed by atoms with E-state index in [-0.39, 0.29) is 24.4 Å². The van der Waals surface area contributed by atoms with Gasteiger partial charge in [-0.2, -0.15) is 0 Å². The quantitative estimate of drug-likeness (QED) is 0.201. The van der Waals surface area contributed by atoms with Crippen molar-refractivity contribution in [3.05, 3.63) is 46.2 Å². The fraction of sp³-hybridized carbons (Fsp3) is 0.600. The first-order chi connectivity index (χ1) is 17.9. The molecule has 6 nitrogen and oxygen atoms in total. The van der Waals surface area contributed by atoms with Gasteiger partial charge in [-0.05, 0) is 55.8 Å². The number of nitrogens with zero attached hydrogens (tertiary/aromatic N) is 2. The first kappa shape index (κ1) is 30.7. The normalized spacial score (nSPS) is 11.0. The van der Waals surface area contributed by atoms with Crippen molar-refractivity contribution in [2.24, 2.45) is 0 Å². The second-order valence-corrected chi connectivity index (χ2v) is 10.9. The molecule has 206 valence electrons. The van der Waals surface area contributed by atoms with E-state index < -0.39 is 0 Å². The summed E-state index contributed by atoms with van der Waals surface area (Å²) in [6.07, 6.45) is 9.39. The minimum atomic E-state index is -0.0181. The van der Waals surface area contributed by atoms with E-state index in [9.17, 15) is 9.59 Å². The molecule has 0 bridgehead atoms. The number of hydrogen-bond donors (Lipinski definition) is 0. The van der Waals surface area contributed by atoms with Gasteiger partial charge in [-0.25, -0.2) is 0 Å². The van der Waals surface area contributed by atoms with Crippen molar-refractivity contribution >= 4 is 23.2 Å². The summed E-state index contributed by atoms with van der Waals surface area (Å²) in [4.78, 5) is 31.3. The summed E-state index contributed by atoms with van der Waals surface area (Å²) in [6.45, 7) is 7.42. The Morgan fingerprint density at radius 1 is 0.919 bits per heavy atom. The maximum Gasteiger partial charge on any atom is 0.242 e. The Bertz CT molecular complexity index is 930. The molecule has 2 amide bonds. The molecule has 0 atom stereocenters. The number of thiophene rings is 1. The van der Waals surface area contributed by atoms with Crippen LogP contribution in [0.25, 0.3) is 0 Å². The van der Waals surface area contributed by atoms with Crippen LogP contribution in [0.15, 0.2) is 35.7 Å². The lowest BCUT2D eigenvalue weighted by molar-refractivity contribution is -0.142. The first-order valence-corrected chi connectivity index (χ1v) is 14.6. The van der Waals surface area contributed by atoms with Gasteiger partial charge in [0.2, 0.25) is 11.8 Å². The molecule has 2 rings (SSSR count). The molecule has 0 aliphatic carbocycles. The van der Waals surface area contributed by atoms with Crippen molar-refractivity contribution in [2.75, 3.05) is 27.3 Å². The third-order valence-corrected chi connectivity index (χ3v) is 7.50. The van der Waals surface area contributed by atoms with E-state index in [1.165, 1.54) is 32.1 Å². The topological polar surface area (TPSA) is 59.1 Å². The summed E-state index contributed by atoms with van der Waals surface area (Å²) >= 11 is 1.64. The molecular formula is C30H46N2O4S. The second kappa shape index (κ2) is 17.1. The lowest BCUT2D eigenvalue weighted by Gasteiger charge is -2.30. The van der Waals surface area contributed by atoms with E-state index in [2.05, 4.69) is 6.92 Å². The number of benzene rings is 1. The second-order valence-electron chi connectivity index (χ2n) is 9.82. The molecule has 0 fully saturated rings. The minimum Gasteiger partial charge on any atom is -0.493 e. The van der Waals surface area contributed by atoms with Gasteiger partial charge >= 0.3 is 0 Å². The number of amides is 2. The largest absolute Gasteiger partial charge is 0.493 e. The molecule has 0 radical (unpaired) electrons. The van der Waals surface area contributed by atoms with Gasteiger partial charge in [-0.3, -0.25) is 9.59 Å². The number of methoxy groups -OCH3 is 2. The van der Waals surface area contributed by atoms with Crippen molar-refractivity contribution in [1.82, 2.24) is 9.80 Å². The van der Waals surface area contributed by atoms with E-state index in [4.69, 9.17) is 9.47 Å². The van der Waals surface area contributed by atoms with Crippen LogP contribution in [-0.2, 0) is 22.6 Å². The summed E-state index contributed by atoms with van der Waals surface area (Å²) in [6, 6.07) is 9.88. The molecule has 2 aromatic rings. The fourth-order valence-corrected chi connectivity index (χ4v) is 5.08. The number of carbonyl (C=O) groups excluding carboxylic acids is 2. The van der Waals surface area contributed by atoms with Crippen LogP contribution in [0, 0.1) is 0 Å². The summed E-state index contributed by atoms with van der Waals surface area (Å²) in [5.41, 5.74) is 1.07. The first-order valence-electron chi connectivity index (χ1n) is 13.7. The van der Waals surface area contributed by atoms with Crippen LogP contribution in [0.4, 0.5) is 0 Å². The van der Waals surface area contributed by atoms with Crippen LogP contribution >= 0.6 is 11.3 Å². The average molecular weight is 531 g/mol. The third kappa shape index (κ3) is 10.8. The highest BCUT2D eigenvalue weighted by atomic mass is 32.1. The molecule has 1 aromatic heterocycles. The number of rotatable bonds is 18. The van der Waals surface area contributed by atoms with Crippen LogP contribution in [0.2, 0.25) is 0 Å². The lowest BCUT2D eigenvalue weighted by Crippen LogP contribution is -2.46. The molecule has 0 unspecified atom stereocenters. The van der Waals surface area contributed by atoms with E-state index in [1.54, 1.807) is 30.5 Å². The smallest absolute Gasteiger partial charge is 0.242 e. The highest BCUT2D eigenvalue weighted by Crippen LogP contribution is 2.28. The molecule has 1 aromatic carbocycles. The Morgan fingerprint density at radius 2 is 1.62 bits per heavy atom. The number of unbranched alkanes of at least 4 members (excludes halogenated alkanes) is 6. The van der Waals surface area contributed by atoms with Crippen molar-refractivity contribution < 1.29 is 19.1 Å². The zero-order valence-electron chi connectivity index (χ0n) is 23.5. The van der Waals surface area contributed by atoms with E-state index in [0.717, 1.165) is 23.3 Å². The molecule has 0 N–H and O–H groups in total. The molecule has 37 heavy (non-hydrogen) atoms. The SMILES string of the molecule is CCCCCCCCCC(=O)N(CC(=O)N(CCc1ccc(OC)c(OC)c1)Cc1cccs1)C(C)C. The summed E-state index contributed by atoms with van der Waals surface area (Å²) in [5.74, 6) is 1.42. The Hall–Kier alpha value is -2.54. The van der Waals surface area contributed by atoms with Gasteiger partial charge < -0.3 is 19.3 Å². The Labute approximate surface area is 227 Å². The summed E-state index contributed by atoms with van der Waals surface area (Å²) in [7, 11) is 3.24. The van der Waals surface area contributed by atoms with Crippen molar-refractivity contribution in [3.63, 3.8) is 0 Å². The van der Waals surface area contributed by atoms with Gasteiger partial charge in [0.15, 0.2) is 11.5 Å². The van der Waals surface area contributed by atoms with Gasteiger partial charge in [0.05, 0.1) is 27.3 Å². The highest BCUT2D eigenvalue weighted by Gasteiger charge is 2.23. The van der Waals surface area contributed by atoms with Crippen LogP contribution in [-0.4, -0.2) is 55.0 Å². The molecule has 0 aliphatic heterocycles. The summed E-state index contributed by atoms with van der Waals surface area (Å²) < 4.78 is 10.8. The maximum absolute atomic E-state index is 13.5. The van der Waals surface area contributed by atoms with E-state index in [1.807, 2.05) is 54.5 Å². The molecule has 1 heterocycles. The average Bonchev–Trinajstić information content (AvgIpc) is 3.41. The van der Waals surface area contributed by atoms with E-state index >= 15 is 0 Å². The Morgan fingerprint density at radius 3 is 2.24 bits per heavy atom. The van der Waals surface area contributed by atoms with E-state index in [0.29, 0.717) is 37.4 Å². The predicted octanol–water partition coefficient (Wildman–Crippen LogP) is 6.71. The summed E-state index contributed by atoms with van der Waals surface area (Å²) in [5, 5.41) is 2.03. The van der Waals surface area contributed by atoms with Crippen molar-refractivity contribution in [1.29, 1.82) is 0 Å². The standard InChI is InChI=1S/C30H46N2O4S/c1-6-7-8-9-10-11-12-15-29(33)32(24(2)3)23-30(34)31(22-26-14-13-20-37-26)19-18-25-16-17-27(35-4)28(21-25)36-5/h13-14,16-17,20-21,24H,6-12,15,18-19,22-23H2,1-5H3. The van der Waals surface area contributed by atoms with Crippen LogP contribution in [0.5, 0.6) is 11.5 Å². The molecule has 7 heteroatoms. The highest BCUT2D eigenvalue weighted by molar-refractivity contribution is 7.09. The van der Waals surface area contributed by atoms with Gasteiger partial charge in [0.25, 0.3) is 0 Å². The molecular weight excluding hydrogens is 484 g/mol. The number of hydrogen-bond acceptors (Lipinski definition) is 5. The van der Waals surface area contributed by atoms with Gasteiger partial charge in [-0.1, -0.05) is 57.6 Å². The molecule has 0 saturated heterocycles. The maximum atomic E-state index is 13.5. The van der Waals surface area contributed by atoms with Gasteiger partial charge in [0, 0.05) is 23.9 Å². The number of ether oxygens (including phenoxy) is 2. The Balaban J connectivity index is 2.00. The van der Waals surface area contributed by atoms with Crippen LogP contribution < -0.4 is 9.47 Å². The third-order valence-electron chi connectivity index (χ3n) is 6.64. The van der Waals surface area contributed by atoms with Crippen molar-refractivity contribution in [3.8, 4) is 11.5 Å². The lowest BCUT2D eigenvalue weighted by atomic mass is 10.1. The van der Waals surface area contributed by atoms with Crippen LogP contribution in [0.1, 0.15) is 82.6 Å². The molecule has 0 saturated carbocycles. The van der Waals surface area contributed by atoms with Crippen LogP contribution in [0.3, 0.4) is 0 Å².